The molecule has 2 aromatic carbocycles. The average molecular weight is 587 g/mol. The molecule has 0 saturated heterocycles. The van der Waals surface area contributed by atoms with Crippen molar-refractivity contribution in [3.8, 4) is 11.5 Å². The number of para-hydroxylation sites is 1. The van der Waals surface area contributed by atoms with Crippen molar-refractivity contribution in [1.82, 2.24) is 4.57 Å². The molecule has 2 saturated carbocycles. The number of amides is 1. The molecule has 6 rings (SSSR count). The van der Waals surface area contributed by atoms with Crippen LogP contribution in [0.3, 0.4) is 0 Å². The summed E-state index contributed by atoms with van der Waals surface area (Å²) in [5.74, 6) is 1.98. The summed E-state index contributed by atoms with van der Waals surface area (Å²) >= 11 is 1.62. The molecule has 220 valence electrons. The Hall–Kier alpha value is -3.78. The van der Waals surface area contributed by atoms with Gasteiger partial charge in [0.1, 0.15) is 29.4 Å². The summed E-state index contributed by atoms with van der Waals surface area (Å²) in [6.07, 6.45) is 3.98. The van der Waals surface area contributed by atoms with Crippen molar-refractivity contribution in [3.63, 3.8) is 0 Å². The van der Waals surface area contributed by atoms with Gasteiger partial charge in [0.25, 0.3) is 5.91 Å². The number of aryl methyl sites for hydroxylation is 1. The van der Waals surface area contributed by atoms with Crippen molar-refractivity contribution in [2.24, 2.45) is 24.8 Å². The minimum absolute atomic E-state index is 0.00286. The number of rotatable bonds is 8. The number of carbonyl (C=O) groups is 2. The number of thiophene rings is 1. The smallest absolute Gasteiger partial charge is 0.310 e. The second kappa shape index (κ2) is 11.5. The van der Waals surface area contributed by atoms with E-state index < -0.39 is 5.60 Å². The molecule has 2 aliphatic carbocycles. The third-order valence-electron chi connectivity index (χ3n) is 8.42. The molecule has 0 radical (unpaired) electrons. The Labute approximate surface area is 250 Å². The summed E-state index contributed by atoms with van der Waals surface area (Å²) in [7, 11) is 1.91. The Morgan fingerprint density at radius 1 is 0.976 bits per heavy atom. The first-order valence-corrected chi connectivity index (χ1v) is 15.6. The lowest BCUT2D eigenvalue weighted by Crippen LogP contribution is -2.39. The van der Waals surface area contributed by atoms with Crippen LogP contribution in [0.4, 0.5) is 5.69 Å². The maximum absolute atomic E-state index is 13.1. The Morgan fingerprint density at radius 2 is 1.67 bits per heavy atom. The fourth-order valence-corrected chi connectivity index (χ4v) is 7.36. The maximum atomic E-state index is 13.1. The van der Waals surface area contributed by atoms with E-state index in [1.807, 2.05) is 98.4 Å². The van der Waals surface area contributed by atoms with E-state index in [1.165, 1.54) is 0 Å². The van der Waals surface area contributed by atoms with Gasteiger partial charge in [-0.2, -0.15) is 0 Å². The Morgan fingerprint density at radius 3 is 2.36 bits per heavy atom. The SMILES string of the molecule is Cn1c(C(=O)Nc2ccccc2COc2ccc(O[C@@H]3C[C@H]4CC[C@@H](C3)C4C(=O)OC(C)(C)C)cc2)cc2sccc21. The predicted molar refractivity (Wildman–Crippen MR) is 165 cm³/mol. The largest absolute Gasteiger partial charge is 0.490 e. The van der Waals surface area contributed by atoms with Crippen molar-refractivity contribution in [1.29, 1.82) is 0 Å². The number of hydrogen-bond acceptors (Lipinski definition) is 6. The molecule has 42 heavy (non-hydrogen) atoms. The zero-order valence-electron chi connectivity index (χ0n) is 24.6. The van der Waals surface area contributed by atoms with Crippen molar-refractivity contribution in [2.45, 2.75) is 64.8 Å². The molecule has 2 aliphatic rings. The molecule has 1 N–H and O–H groups in total. The Kier molecular flexibility index (Phi) is 7.75. The minimum Gasteiger partial charge on any atom is -0.490 e. The zero-order chi connectivity index (χ0) is 29.4. The molecule has 2 bridgehead atoms. The van der Waals surface area contributed by atoms with Crippen LogP contribution in [0.25, 0.3) is 10.2 Å². The van der Waals surface area contributed by atoms with Crippen LogP contribution < -0.4 is 14.8 Å². The lowest BCUT2D eigenvalue weighted by Gasteiger charge is -2.35. The lowest BCUT2D eigenvalue weighted by molar-refractivity contribution is -0.165. The van der Waals surface area contributed by atoms with Gasteiger partial charge in [-0.25, -0.2) is 0 Å². The predicted octanol–water partition coefficient (Wildman–Crippen LogP) is 7.60. The van der Waals surface area contributed by atoms with Gasteiger partial charge in [0.2, 0.25) is 0 Å². The monoisotopic (exact) mass is 586 g/mol. The van der Waals surface area contributed by atoms with E-state index in [2.05, 4.69) is 5.32 Å². The second-order valence-corrected chi connectivity index (χ2v) is 13.4. The molecule has 8 heteroatoms. The highest BCUT2D eigenvalue weighted by molar-refractivity contribution is 7.17. The van der Waals surface area contributed by atoms with E-state index in [-0.39, 0.29) is 23.9 Å². The zero-order valence-corrected chi connectivity index (χ0v) is 25.4. The van der Waals surface area contributed by atoms with Crippen LogP contribution in [0.1, 0.15) is 62.5 Å². The van der Waals surface area contributed by atoms with E-state index in [0.29, 0.717) is 24.1 Å². The summed E-state index contributed by atoms with van der Waals surface area (Å²) in [5, 5.41) is 5.09. The summed E-state index contributed by atoms with van der Waals surface area (Å²) < 4.78 is 21.2. The highest BCUT2D eigenvalue weighted by atomic mass is 32.1. The Balaban J connectivity index is 1.03. The van der Waals surface area contributed by atoms with E-state index in [1.54, 1.807) is 11.3 Å². The van der Waals surface area contributed by atoms with Crippen molar-refractivity contribution in [2.75, 3.05) is 5.32 Å². The first-order valence-electron chi connectivity index (χ1n) is 14.7. The van der Waals surface area contributed by atoms with Gasteiger partial charge in [-0.1, -0.05) is 18.2 Å². The number of esters is 1. The second-order valence-electron chi connectivity index (χ2n) is 12.5. The molecular weight excluding hydrogens is 548 g/mol. The summed E-state index contributed by atoms with van der Waals surface area (Å²) in [6, 6.07) is 19.3. The Bertz CT molecular complexity index is 1570. The van der Waals surface area contributed by atoms with Gasteiger partial charge < -0.3 is 24.1 Å². The minimum atomic E-state index is -0.455. The standard InChI is InChI=1S/C34H38N2O5S/c1-34(2,3)41-33(38)31-21-9-10-22(31)18-26(17-21)40-25-13-11-24(12-14-25)39-20-23-7-5-6-8-27(23)35-32(37)29-19-30-28(36(29)4)15-16-42-30/h5-8,11-16,19,21-22,26,31H,9-10,17-18,20H2,1-4H3,(H,35,37)/t21-,22+,26-,31?. The normalized spacial score (nSPS) is 21.7. The number of nitrogens with one attached hydrogen (secondary N) is 1. The van der Waals surface area contributed by atoms with E-state index >= 15 is 0 Å². The first-order chi connectivity index (χ1) is 20.1. The summed E-state index contributed by atoms with van der Waals surface area (Å²) in [4.78, 5) is 25.9. The fraction of sp³-hybridized carbons (Fsp3) is 0.412. The molecule has 2 aromatic heterocycles. The van der Waals surface area contributed by atoms with E-state index in [4.69, 9.17) is 14.2 Å². The quantitative estimate of drug-likeness (QED) is 0.215. The fourth-order valence-electron chi connectivity index (χ4n) is 6.51. The summed E-state index contributed by atoms with van der Waals surface area (Å²) in [5.41, 5.74) is 2.83. The van der Waals surface area contributed by atoms with Gasteiger partial charge in [0.15, 0.2) is 0 Å². The van der Waals surface area contributed by atoms with Crippen LogP contribution in [-0.2, 0) is 23.2 Å². The topological polar surface area (TPSA) is 78.8 Å². The van der Waals surface area contributed by atoms with Crippen LogP contribution in [0.2, 0.25) is 0 Å². The van der Waals surface area contributed by atoms with Crippen molar-refractivity contribution < 1.29 is 23.8 Å². The number of fused-ring (bicyclic) bond motifs is 3. The molecule has 4 aromatic rings. The number of nitrogens with zero attached hydrogens (tertiary/aromatic N) is 1. The first kappa shape index (κ1) is 28.3. The molecule has 0 spiro atoms. The van der Waals surface area contributed by atoms with Gasteiger partial charge >= 0.3 is 5.97 Å². The van der Waals surface area contributed by atoms with Crippen LogP contribution in [0.15, 0.2) is 66.0 Å². The van der Waals surface area contributed by atoms with Crippen LogP contribution >= 0.6 is 11.3 Å². The molecule has 1 amide bonds. The third-order valence-corrected chi connectivity index (χ3v) is 9.27. The number of hydrogen-bond donors (Lipinski definition) is 1. The number of anilines is 1. The van der Waals surface area contributed by atoms with Crippen LogP contribution in [-0.4, -0.2) is 28.1 Å². The van der Waals surface area contributed by atoms with Crippen LogP contribution in [0, 0.1) is 17.8 Å². The van der Waals surface area contributed by atoms with Gasteiger partial charge in [0, 0.05) is 18.3 Å². The van der Waals surface area contributed by atoms with Crippen molar-refractivity contribution in [3.05, 3.63) is 77.3 Å². The van der Waals surface area contributed by atoms with Gasteiger partial charge in [-0.05, 0) is 106 Å². The third kappa shape index (κ3) is 6.04. The summed E-state index contributed by atoms with van der Waals surface area (Å²) in [6.45, 7) is 6.11. The van der Waals surface area contributed by atoms with Gasteiger partial charge in [-0.15, -0.1) is 11.3 Å². The number of benzene rings is 2. The van der Waals surface area contributed by atoms with Gasteiger partial charge in [-0.3, -0.25) is 9.59 Å². The highest BCUT2D eigenvalue weighted by Crippen LogP contribution is 2.48. The van der Waals surface area contributed by atoms with Crippen LogP contribution in [0.5, 0.6) is 11.5 Å². The van der Waals surface area contributed by atoms with E-state index in [0.717, 1.165) is 58.6 Å². The molecule has 0 aliphatic heterocycles. The van der Waals surface area contributed by atoms with E-state index in [9.17, 15) is 9.59 Å². The van der Waals surface area contributed by atoms with Gasteiger partial charge in [0.05, 0.1) is 22.2 Å². The average Bonchev–Trinajstić information content (AvgIpc) is 3.61. The molecule has 7 nitrogen and oxygen atoms in total. The molecule has 4 atom stereocenters. The molecule has 2 fully saturated rings. The molecular formula is C34H38N2O5S. The maximum Gasteiger partial charge on any atom is 0.310 e. The van der Waals surface area contributed by atoms with Crippen molar-refractivity contribution >= 4 is 39.1 Å². The molecule has 1 unspecified atom stereocenters. The molecule has 2 heterocycles. The number of aromatic nitrogens is 1. The highest BCUT2D eigenvalue weighted by Gasteiger charge is 2.48. The lowest BCUT2D eigenvalue weighted by atomic mass is 9.77. The number of ether oxygens (including phenoxy) is 3. The number of carbonyl (C=O) groups excluding carboxylic acids is 2.